The Morgan fingerprint density at radius 3 is 2.52 bits per heavy atom. The lowest BCUT2D eigenvalue weighted by molar-refractivity contribution is -0.143. The highest BCUT2D eigenvalue weighted by atomic mass is 35.5. The van der Waals surface area contributed by atoms with E-state index in [1.807, 2.05) is 0 Å². The lowest BCUT2D eigenvalue weighted by atomic mass is 10.1. The van der Waals surface area contributed by atoms with Crippen molar-refractivity contribution in [2.75, 3.05) is 6.54 Å². The Bertz CT molecular complexity index is 769. The third kappa shape index (κ3) is 3.80. The first-order valence-electron chi connectivity index (χ1n) is 7.73. The lowest BCUT2D eigenvalue weighted by Crippen LogP contribution is -2.42. The summed E-state index contributed by atoms with van der Waals surface area (Å²) in [6.45, 7) is 0.184. The van der Waals surface area contributed by atoms with Gasteiger partial charge in [0.15, 0.2) is 5.69 Å². The van der Waals surface area contributed by atoms with E-state index in [4.69, 9.17) is 17.3 Å². The van der Waals surface area contributed by atoms with E-state index in [-0.39, 0.29) is 24.2 Å². The molecule has 1 aliphatic rings. The first-order chi connectivity index (χ1) is 11.8. The topological polar surface area (TPSA) is 72.9 Å². The minimum Gasteiger partial charge on any atom is -0.348 e. The summed E-state index contributed by atoms with van der Waals surface area (Å²) < 4.78 is 41.4. The van der Waals surface area contributed by atoms with E-state index in [9.17, 15) is 18.0 Å². The molecular weight excluding hydrogens is 357 g/mol. The zero-order valence-corrected chi connectivity index (χ0v) is 13.8. The summed E-state index contributed by atoms with van der Waals surface area (Å²) in [6, 6.07) is 5.39. The molecule has 5 nitrogen and oxygen atoms in total. The summed E-state index contributed by atoms with van der Waals surface area (Å²) in [6.07, 6.45) is -2.00. The van der Waals surface area contributed by atoms with E-state index in [0.717, 1.165) is 19.0 Å². The fourth-order valence-corrected chi connectivity index (χ4v) is 2.81. The molecular formula is C16H16ClF3N4O. The van der Waals surface area contributed by atoms with Crippen LogP contribution >= 0.6 is 11.6 Å². The van der Waals surface area contributed by atoms with Gasteiger partial charge in [0.25, 0.3) is 5.91 Å². The van der Waals surface area contributed by atoms with Crippen molar-refractivity contribution in [3.05, 3.63) is 46.7 Å². The number of hydrogen-bond donors (Lipinski definition) is 2. The maximum atomic E-state index is 13.6. The number of hydrogen-bond acceptors (Lipinski definition) is 3. The molecule has 3 rings (SSSR count). The van der Waals surface area contributed by atoms with Gasteiger partial charge in [-0.1, -0.05) is 11.6 Å². The molecule has 1 atom stereocenters. The molecule has 134 valence electrons. The SMILES string of the molecule is NCC(NC(=O)c1cnn(-c2ccc(Cl)cc2)c1C(F)(F)F)C1CC1. The normalized spacial score (nSPS) is 15.9. The van der Waals surface area contributed by atoms with Crippen molar-refractivity contribution in [3.63, 3.8) is 0 Å². The summed E-state index contributed by atoms with van der Waals surface area (Å²) in [5.74, 6) is -0.593. The molecule has 1 amide bonds. The van der Waals surface area contributed by atoms with Crippen molar-refractivity contribution in [1.29, 1.82) is 0 Å². The van der Waals surface area contributed by atoms with Crippen LogP contribution in [0.1, 0.15) is 28.9 Å². The number of rotatable bonds is 5. The standard InChI is InChI=1S/C16H16ClF3N4O/c17-10-3-5-11(6-4-10)24-14(16(18,19)20)12(8-22-24)15(25)23-13(7-21)9-1-2-9/h3-6,8-9,13H,1-2,7,21H2,(H,23,25). The number of benzene rings is 1. The smallest absolute Gasteiger partial charge is 0.348 e. The van der Waals surface area contributed by atoms with Crippen LogP contribution in [0.2, 0.25) is 5.02 Å². The van der Waals surface area contributed by atoms with Crippen LogP contribution in [0.3, 0.4) is 0 Å². The molecule has 9 heteroatoms. The fraction of sp³-hybridized carbons (Fsp3) is 0.375. The van der Waals surface area contributed by atoms with Gasteiger partial charge in [0.05, 0.1) is 17.4 Å². The summed E-state index contributed by atoms with van der Waals surface area (Å²) in [5, 5.41) is 6.74. The zero-order valence-electron chi connectivity index (χ0n) is 13.1. The van der Waals surface area contributed by atoms with E-state index in [1.54, 1.807) is 0 Å². The molecule has 0 spiro atoms. The molecule has 2 aromatic rings. The first kappa shape index (κ1) is 17.8. The number of carbonyl (C=O) groups is 1. The van der Waals surface area contributed by atoms with Crippen LogP contribution in [0.15, 0.2) is 30.5 Å². The van der Waals surface area contributed by atoms with Gasteiger partial charge in [0.1, 0.15) is 0 Å². The van der Waals surface area contributed by atoms with Gasteiger partial charge in [-0.2, -0.15) is 18.3 Å². The molecule has 1 aliphatic carbocycles. The molecule has 0 bridgehead atoms. The number of amides is 1. The quantitative estimate of drug-likeness (QED) is 0.847. The molecule has 1 saturated carbocycles. The number of nitrogens with one attached hydrogen (secondary N) is 1. The van der Waals surface area contributed by atoms with Gasteiger partial charge in [0.2, 0.25) is 0 Å². The van der Waals surface area contributed by atoms with E-state index in [0.29, 0.717) is 9.70 Å². The molecule has 1 fully saturated rings. The van der Waals surface area contributed by atoms with Crippen LogP contribution in [0.4, 0.5) is 13.2 Å². The molecule has 1 aromatic heterocycles. The minimum absolute atomic E-state index is 0.161. The third-order valence-electron chi connectivity index (χ3n) is 4.12. The Hall–Kier alpha value is -2.06. The van der Waals surface area contributed by atoms with Gasteiger partial charge < -0.3 is 11.1 Å². The second-order valence-electron chi connectivity index (χ2n) is 5.95. The molecule has 1 aromatic carbocycles. The monoisotopic (exact) mass is 372 g/mol. The predicted octanol–water partition coefficient (Wildman–Crippen LogP) is 3.01. The first-order valence-corrected chi connectivity index (χ1v) is 8.11. The van der Waals surface area contributed by atoms with Crippen LogP contribution in [-0.2, 0) is 6.18 Å². The van der Waals surface area contributed by atoms with Crippen LogP contribution < -0.4 is 11.1 Å². The largest absolute Gasteiger partial charge is 0.434 e. The Kier molecular flexibility index (Phi) is 4.75. The van der Waals surface area contributed by atoms with Gasteiger partial charge in [0, 0.05) is 17.6 Å². The van der Waals surface area contributed by atoms with Crippen molar-refractivity contribution >= 4 is 17.5 Å². The van der Waals surface area contributed by atoms with Crippen molar-refractivity contribution in [3.8, 4) is 5.69 Å². The molecule has 1 heterocycles. The van der Waals surface area contributed by atoms with Gasteiger partial charge in [-0.25, -0.2) is 4.68 Å². The summed E-state index contributed by atoms with van der Waals surface area (Å²) in [7, 11) is 0. The summed E-state index contributed by atoms with van der Waals surface area (Å²) in [5.41, 5.74) is 4.11. The average Bonchev–Trinajstić information content (AvgIpc) is 3.29. The van der Waals surface area contributed by atoms with E-state index in [1.165, 1.54) is 24.3 Å². The van der Waals surface area contributed by atoms with Crippen molar-refractivity contribution in [1.82, 2.24) is 15.1 Å². The molecule has 25 heavy (non-hydrogen) atoms. The lowest BCUT2D eigenvalue weighted by Gasteiger charge is -2.17. The Morgan fingerprint density at radius 2 is 2.00 bits per heavy atom. The van der Waals surface area contributed by atoms with Gasteiger partial charge in [-0.05, 0) is 43.0 Å². The van der Waals surface area contributed by atoms with Crippen molar-refractivity contribution in [2.24, 2.45) is 11.7 Å². The van der Waals surface area contributed by atoms with Gasteiger partial charge in [-0.15, -0.1) is 0 Å². The number of aromatic nitrogens is 2. The fourth-order valence-electron chi connectivity index (χ4n) is 2.68. The summed E-state index contributed by atoms with van der Waals surface area (Å²) in [4.78, 5) is 12.4. The van der Waals surface area contributed by atoms with E-state index < -0.39 is 23.3 Å². The highest BCUT2D eigenvalue weighted by Crippen LogP contribution is 2.35. The number of nitrogens with two attached hydrogens (primary N) is 1. The van der Waals surface area contributed by atoms with Crippen LogP contribution in [0.25, 0.3) is 5.69 Å². The van der Waals surface area contributed by atoms with Crippen LogP contribution in [0.5, 0.6) is 0 Å². The number of alkyl halides is 3. The number of carbonyl (C=O) groups excluding carboxylic acids is 1. The second-order valence-corrected chi connectivity index (χ2v) is 6.38. The number of halogens is 4. The average molecular weight is 373 g/mol. The van der Waals surface area contributed by atoms with Gasteiger partial charge >= 0.3 is 6.18 Å². The molecule has 0 saturated heterocycles. The van der Waals surface area contributed by atoms with Crippen molar-refractivity contribution < 1.29 is 18.0 Å². The van der Waals surface area contributed by atoms with E-state index >= 15 is 0 Å². The maximum Gasteiger partial charge on any atom is 0.434 e. The van der Waals surface area contributed by atoms with Crippen molar-refractivity contribution in [2.45, 2.75) is 25.1 Å². The van der Waals surface area contributed by atoms with E-state index in [2.05, 4.69) is 10.4 Å². The highest BCUT2D eigenvalue weighted by Gasteiger charge is 2.41. The molecule has 0 aliphatic heterocycles. The third-order valence-corrected chi connectivity index (χ3v) is 4.37. The Labute approximate surface area is 146 Å². The molecule has 3 N–H and O–H groups in total. The summed E-state index contributed by atoms with van der Waals surface area (Å²) >= 11 is 5.77. The van der Waals surface area contributed by atoms with Crippen LogP contribution in [-0.4, -0.2) is 28.3 Å². The Morgan fingerprint density at radius 1 is 1.36 bits per heavy atom. The number of nitrogens with zero attached hydrogens (tertiary/aromatic N) is 2. The van der Waals surface area contributed by atoms with Gasteiger partial charge in [-0.3, -0.25) is 4.79 Å². The van der Waals surface area contributed by atoms with Crippen LogP contribution in [0, 0.1) is 5.92 Å². The molecule has 1 unspecified atom stereocenters. The maximum absolute atomic E-state index is 13.6. The zero-order chi connectivity index (χ0) is 18.2. The Balaban J connectivity index is 1.96. The predicted molar refractivity (Wildman–Crippen MR) is 86.6 cm³/mol. The second kappa shape index (κ2) is 6.68. The minimum atomic E-state index is -4.75. The highest BCUT2D eigenvalue weighted by molar-refractivity contribution is 6.30. The molecule has 0 radical (unpaired) electrons.